The Balaban J connectivity index is 2.19. The Hall–Kier alpha value is -1.53. The van der Waals surface area contributed by atoms with E-state index in [4.69, 9.17) is 14.2 Å². The van der Waals surface area contributed by atoms with Gasteiger partial charge >= 0.3 is 5.97 Å². The number of carbonyl (C=O) groups excluding carboxylic acids is 1. The third-order valence-corrected chi connectivity index (χ3v) is 1.86. The first-order valence-electron chi connectivity index (χ1n) is 5.09. The molecular weight excluding hydrogens is 229 g/mol. The van der Waals surface area contributed by atoms with Crippen molar-refractivity contribution < 1.29 is 23.4 Å². The number of methoxy groups -OCH3 is 1. The van der Waals surface area contributed by atoms with E-state index in [1.807, 2.05) is 0 Å². The minimum absolute atomic E-state index is 0.139. The number of aromatic nitrogens is 1. The zero-order chi connectivity index (χ0) is 12.5. The molecule has 0 aromatic carbocycles. The van der Waals surface area contributed by atoms with E-state index in [1.165, 1.54) is 6.07 Å². The van der Waals surface area contributed by atoms with Crippen LogP contribution in [-0.4, -0.2) is 44.5 Å². The van der Waals surface area contributed by atoms with Gasteiger partial charge in [-0.1, -0.05) is 0 Å². The van der Waals surface area contributed by atoms with Crippen LogP contribution in [0.3, 0.4) is 0 Å². The highest BCUT2D eigenvalue weighted by Crippen LogP contribution is 2.01. The number of carbonyl (C=O) groups is 1. The van der Waals surface area contributed by atoms with Gasteiger partial charge in [-0.2, -0.15) is 4.39 Å². The van der Waals surface area contributed by atoms with E-state index in [0.717, 1.165) is 12.3 Å². The molecule has 0 aliphatic carbocycles. The van der Waals surface area contributed by atoms with Crippen LogP contribution in [-0.2, 0) is 14.2 Å². The summed E-state index contributed by atoms with van der Waals surface area (Å²) < 4.78 is 27.2. The van der Waals surface area contributed by atoms with Gasteiger partial charge in [0.15, 0.2) is 0 Å². The van der Waals surface area contributed by atoms with E-state index in [-0.39, 0.29) is 12.2 Å². The number of esters is 1. The first-order chi connectivity index (χ1) is 8.24. The van der Waals surface area contributed by atoms with Gasteiger partial charge < -0.3 is 14.2 Å². The molecule has 0 unspecified atom stereocenters. The zero-order valence-electron chi connectivity index (χ0n) is 9.52. The Kier molecular flexibility index (Phi) is 6.13. The predicted molar refractivity (Wildman–Crippen MR) is 57.2 cm³/mol. The molecule has 0 amide bonds. The molecule has 94 valence electrons. The second-order valence-corrected chi connectivity index (χ2v) is 3.11. The SMILES string of the molecule is COCCOCCOC(=O)c1ccc(F)nc1. The fraction of sp³-hybridized carbons (Fsp3) is 0.455. The molecule has 0 spiro atoms. The second kappa shape index (κ2) is 7.70. The average molecular weight is 243 g/mol. The lowest BCUT2D eigenvalue weighted by Crippen LogP contribution is -2.12. The van der Waals surface area contributed by atoms with Crippen LogP contribution in [0.2, 0.25) is 0 Å². The summed E-state index contributed by atoms with van der Waals surface area (Å²) in [5, 5.41) is 0. The first-order valence-corrected chi connectivity index (χ1v) is 5.09. The Morgan fingerprint density at radius 1 is 1.29 bits per heavy atom. The Morgan fingerprint density at radius 2 is 2.06 bits per heavy atom. The third-order valence-electron chi connectivity index (χ3n) is 1.86. The van der Waals surface area contributed by atoms with E-state index in [1.54, 1.807) is 7.11 Å². The molecule has 0 atom stereocenters. The highest BCUT2D eigenvalue weighted by atomic mass is 19.1. The number of nitrogens with zero attached hydrogens (tertiary/aromatic N) is 1. The maximum Gasteiger partial charge on any atom is 0.339 e. The molecular formula is C11H14FNO4. The van der Waals surface area contributed by atoms with Crippen molar-refractivity contribution in [1.29, 1.82) is 0 Å². The van der Waals surface area contributed by atoms with Crippen LogP contribution in [0.1, 0.15) is 10.4 Å². The van der Waals surface area contributed by atoms with Crippen LogP contribution in [0.4, 0.5) is 4.39 Å². The largest absolute Gasteiger partial charge is 0.460 e. The summed E-state index contributed by atoms with van der Waals surface area (Å²) in [5.41, 5.74) is 0.211. The van der Waals surface area contributed by atoms with Gasteiger partial charge in [0.2, 0.25) is 5.95 Å². The smallest absolute Gasteiger partial charge is 0.339 e. The summed E-state index contributed by atoms with van der Waals surface area (Å²) in [6, 6.07) is 2.42. The van der Waals surface area contributed by atoms with E-state index < -0.39 is 11.9 Å². The van der Waals surface area contributed by atoms with Gasteiger partial charge in [0.25, 0.3) is 0 Å². The van der Waals surface area contributed by atoms with Crippen molar-refractivity contribution in [3.05, 3.63) is 29.8 Å². The van der Waals surface area contributed by atoms with Gasteiger partial charge in [-0.15, -0.1) is 0 Å². The summed E-state index contributed by atoms with van der Waals surface area (Å²) in [6.07, 6.45) is 1.13. The molecule has 0 saturated heterocycles. The molecule has 1 aromatic rings. The van der Waals surface area contributed by atoms with Gasteiger partial charge in [-0.25, -0.2) is 9.78 Å². The van der Waals surface area contributed by atoms with Crippen molar-refractivity contribution in [1.82, 2.24) is 4.98 Å². The van der Waals surface area contributed by atoms with Crippen molar-refractivity contribution in [2.24, 2.45) is 0 Å². The molecule has 0 saturated carbocycles. The summed E-state index contributed by atoms with van der Waals surface area (Å²) >= 11 is 0. The van der Waals surface area contributed by atoms with E-state index in [9.17, 15) is 9.18 Å². The van der Waals surface area contributed by atoms with Crippen LogP contribution in [0.15, 0.2) is 18.3 Å². The summed E-state index contributed by atoms with van der Waals surface area (Å²) in [5.74, 6) is -1.18. The molecule has 0 aliphatic heterocycles. The number of hydrogen-bond donors (Lipinski definition) is 0. The van der Waals surface area contributed by atoms with Gasteiger partial charge in [-0.3, -0.25) is 0 Å². The number of pyridine rings is 1. The molecule has 1 heterocycles. The minimum Gasteiger partial charge on any atom is -0.460 e. The van der Waals surface area contributed by atoms with Crippen molar-refractivity contribution in [3.8, 4) is 0 Å². The van der Waals surface area contributed by atoms with E-state index in [2.05, 4.69) is 4.98 Å². The molecule has 6 heteroatoms. The van der Waals surface area contributed by atoms with Crippen molar-refractivity contribution in [2.75, 3.05) is 33.5 Å². The Morgan fingerprint density at radius 3 is 2.71 bits per heavy atom. The number of rotatable bonds is 7. The van der Waals surface area contributed by atoms with Crippen molar-refractivity contribution in [2.45, 2.75) is 0 Å². The molecule has 1 aromatic heterocycles. The van der Waals surface area contributed by atoms with Gasteiger partial charge in [0.05, 0.1) is 25.4 Å². The first kappa shape index (κ1) is 13.5. The molecule has 0 aliphatic rings. The number of ether oxygens (including phenoxy) is 3. The summed E-state index contributed by atoms with van der Waals surface area (Å²) in [4.78, 5) is 14.7. The zero-order valence-corrected chi connectivity index (χ0v) is 9.52. The van der Waals surface area contributed by atoms with Crippen LogP contribution < -0.4 is 0 Å². The Labute approximate surface area is 98.5 Å². The topological polar surface area (TPSA) is 57.7 Å². The lowest BCUT2D eigenvalue weighted by molar-refractivity contribution is 0.0213. The molecule has 0 N–H and O–H groups in total. The number of hydrogen-bond acceptors (Lipinski definition) is 5. The molecule has 5 nitrogen and oxygen atoms in total. The normalized spacial score (nSPS) is 10.2. The third kappa shape index (κ3) is 5.37. The molecule has 1 rings (SSSR count). The summed E-state index contributed by atoms with van der Waals surface area (Å²) in [6.45, 7) is 1.38. The summed E-state index contributed by atoms with van der Waals surface area (Å²) in [7, 11) is 1.57. The average Bonchev–Trinajstić information content (AvgIpc) is 2.34. The molecule has 0 fully saturated rings. The fourth-order valence-electron chi connectivity index (χ4n) is 1.02. The standard InChI is InChI=1S/C11H14FNO4/c1-15-4-5-16-6-7-17-11(14)9-2-3-10(12)13-8-9/h2-3,8H,4-7H2,1H3. The highest BCUT2D eigenvalue weighted by molar-refractivity contribution is 5.88. The van der Waals surface area contributed by atoms with Crippen LogP contribution in [0.5, 0.6) is 0 Å². The van der Waals surface area contributed by atoms with Gasteiger partial charge in [0, 0.05) is 13.3 Å². The van der Waals surface area contributed by atoms with Crippen LogP contribution in [0.25, 0.3) is 0 Å². The lowest BCUT2D eigenvalue weighted by atomic mass is 10.3. The maximum absolute atomic E-state index is 12.5. The highest BCUT2D eigenvalue weighted by Gasteiger charge is 2.07. The maximum atomic E-state index is 12.5. The molecule has 0 radical (unpaired) electrons. The van der Waals surface area contributed by atoms with E-state index >= 15 is 0 Å². The minimum atomic E-state index is -0.635. The number of halogens is 1. The predicted octanol–water partition coefficient (Wildman–Crippen LogP) is 1.04. The lowest BCUT2D eigenvalue weighted by Gasteiger charge is -2.05. The molecule has 0 bridgehead atoms. The Bertz CT molecular complexity index is 342. The van der Waals surface area contributed by atoms with Crippen molar-refractivity contribution >= 4 is 5.97 Å². The van der Waals surface area contributed by atoms with Crippen LogP contribution >= 0.6 is 0 Å². The molecule has 17 heavy (non-hydrogen) atoms. The monoisotopic (exact) mass is 243 g/mol. The fourth-order valence-corrected chi connectivity index (χ4v) is 1.02. The van der Waals surface area contributed by atoms with Crippen LogP contribution in [0, 0.1) is 5.95 Å². The quantitative estimate of drug-likeness (QED) is 0.407. The second-order valence-electron chi connectivity index (χ2n) is 3.11. The van der Waals surface area contributed by atoms with E-state index in [0.29, 0.717) is 19.8 Å². The van der Waals surface area contributed by atoms with Crippen molar-refractivity contribution in [3.63, 3.8) is 0 Å². The van der Waals surface area contributed by atoms with Gasteiger partial charge in [-0.05, 0) is 12.1 Å². The van der Waals surface area contributed by atoms with Gasteiger partial charge in [0.1, 0.15) is 6.61 Å².